The van der Waals surface area contributed by atoms with Gasteiger partial charge in [-0.05, 0) is 76.2 Å². The van der Waals surface area contributed by atoms with Gasteiger partial charge in [0, 0.05) is 7.14 Å². The van der Waals surface area contributed by atoms with Gasteiger partial charge in [0.05, 0.1) is 0 Å². The summed E-state index contributed by atoms with van der Waals surface area (Å²) in [6, 6.07) is 1.75. The van der Waals surface area contributed by atoms with Gasteiger partial charge in [-0.1, -0.05) is 0 Å². The van der Waals surface area contributed by atoms with Crippen LogP contribution >= 0.6 is 45.2 Å². The molecule has 0 atom stereocenters. The molecule has 1 aromatic rings. The number of halogens is 2. The molecule has 1 rings (SSSR count). The SMILES string of the molecule is Cc1cc(I)c(C)c(I)c1S(=O)(=O)O. The van der Waals surface area contributed by atoms with Gasteiger partial charge in [-0.2, -0.15) is 8.42 Å². The predicted molar refractivity (Wildman–Crippen MR) is 71.2 cm³/mol. The number of aryl methyl sites for hydroxylation is 1. The van der Waals surface area contributed by atoms with E-state index < -0.39 is 10.1 Å². The lowest BCUT2D eigenvalue weighted by atomic mass is 10.2. The molecule has 1 N–H and O–H groups in total. The Morgan fingerprint density at radius 3 is 2.21 bits per heavy atom. The van der Waals surface area contributed by atoms with Gasteiger partial charge in [-0.25, -0.2) is 0 Å². The Morgan fingerprint density at radius 2 is 1.79 bits per heavy atom. The van der Waals surface area contributed by atoms with E-state index in [2.05, 4.69) is 22.6 Å². The molecular formula is C8H8I2O3S. The zero-order valence-corrected chi connectivity index (χ0v) is 12.6. The summed E-state index contributed by atoms with van der Waals surface area (Å²) in [6.07, 6.45) is 0. The highest BCUT2D eigenvalue weighted by Gasteiger charge is 2.20. The van der Waals surface area contributed by atoms with Crippen LogP contribution in [0.2, 0.25) is 0 Å². The molecule has 1 aromatic carbocycles. The van der Waals surface area contributed by atoms with Crippen molar-refractivity contribution in [3.63, 3.8) is 0 Å². The topological polar surface area (TPSA) is 54.4 Å². The molecule has 14 heavy (non-hydrogen) atoms. The van der Waals surface area contributed by atoms with Crippen LogP contribution in [0.25, 0.3) is 0 Å². The van der Waals surface area contributed by atoms with Gasteiger partial charge in [0.2, 0.25) is 0 Å². The Labute approximate surface area is 110 Å². The van der Waals surface area contributed by atoms with Crippen LogP contribution in [0.4, 0.5) is 0 Å². The Kier molecular flexibility index (Phi) is 3.82. The van der Waals surface area contributed by atoms with Gasteiger partial charge < -0.3 is 0 Å². The lowest BCUT2D eigenvalue weighted by Gasteiger charge is -2.09. The highest BCUT2D eigenvalue weighted by atomic mass is 127. The maximum absolute atomic E-state index is 11.1. The molecule has 3 nitrogen and oxygen atoms in total. The highest BCUT2D eigenvalue weighted by molar-refractivity contribution is 14.1. The van der Waals surface area contributed by atoms with Crippen molar-refractivity contribution in [1.29, 1.82) is 0 Å². The molecule has 0 bridgehead atoms. The fraction of sp³-hybridized carbons (Fsp3) is 0.250. The number of hydrogen-bond donors (Lipinski definition) is 1. The normalized spacial score (nSPS) is 11.8. The molecule has 0 amide bonds. The molecule has 0 unspecified atom stereocenters. The molecule has 0 heterocycles. The van der Waals surface area contributed by atoms with Crippen LogP contribution in [-0.2, 0) is 10.1 Å². The highest BCUT2D eigenvalue weighted by Crippen LogP contribution is 2.28. The third-order valence-electron chi connectivity index (χ3n) is 1.85. The number of rotatable bonds is 1. The second kappa shape index (κ2) is 4.22. The Balaban J connectivity index is 3.70. The van der Waals surface area contributed by atoms with Crippen molar-refractivity contribution in [2.24, 2.45) is 0 Å². The molecule has 0 saturated heterocycles. The largest absolute Gasteiger partial charge is 0.295 e. The summed E-state index contributed by atoms with van der Waals surface area (Å²) >= 11 is 4.08. The summed E-state index contributed by atoms with van der Waals surface area (Å²) in [5, 5.41) is 0. The minimum atomic E-state index is -4.11. The van der Waals surface area contributed by atoms with Crippen molar-refractivity contribution in [1.82, 2.24) is 0 Å². The standard InChI is InChI=1S/C8H8I2O3S/c1-4-3-6(9)5(2)7(10)8(4)14(11,12)13/h3H,1-2H3,(H,11,12,13). The summed E-state index contributed by atoms with van der Waals surface area (Å²) < 4.78 is 32.8. The van der Waals surface area contributed by atoms with E-state index in [9.17, 15) is 8.42 Å². The molecule has 78 valence electrons. The third-order valence-corrected chi connectivity index (χ3v) is 5.72. The minimum absolute atomic E-state index is 0.0241. The second-order valence-corrected chi connectivity index (χ2v) is 6.52. The van der Waals surface area contributed by atoms with Gasteiger partial charge in [-0.15, -0.1) is 0 Å². The van der Waals surface area contributed by atoms with Gasteiger partial charge in [-0.3, -0.25) is 4.55 Å². The molecule has 0 radical (unpaired) electrons. The monoisotopic (exact) mass is 438 g/mol. The van der Waals surface area contributed by atoms with Gasteiger partial charge in [0.1, 0.15) is 4.90 Å². The van der Waals surface area contributed by atoms with E-state index in [1.807, 2.05) is 29.5 Å². The van der Waals surface area contributed by atoms with Crippen LogP contribution in [0.3, 0.4) is 0 Å². The van der Waals surface area contributed by atoms with E-state index >= 15 is 0 Å². The maximum atomic E-state index is 11.1. The average molecular weight is 438 g/mol. The first kappa shape index (κ1) is 12.7. The smallest absolute Gasteiger partial charge is 0.282 e. The molecule has 0 saturated carbocycles. The van der Waals surface area contributed by atoms with Crippen molar-refractivity contribution < 1.29 is 13.0 Å². The number of benzene rings is 1. The van der Waals surface area contributed by atoms with E-state index in [1.165, 1.54) is 0 Å². The summed E-state index contributed by atoms with van der Waals surface area (Å²) in [7, 11) is -4.11. The number of hydrogen-bond acceptors (Lipinski definition) is 2. The van der Waals surface area contributed by atoms with E-state index in [1.54, 1.807) is 13.0 Å². The van der Waals surface area contributed by atoms with Crippen LogP contribution in [-0.4, -0.2) is 13.0 Å². The minimum Gasteiger partial charge on any atom is -0.282 e. The van der Waals surface area contributed by atoms with E-state index in [0.717, 1.165) is 9.13 Å². The summed E-state index contributed by atoms with van der Waals surface area (Å²) in [5.74, 6) is 0. The molecule has 0 aliphatic heterocycles. The lowest BCUT2D eigenvalue weighted by molar-refractivity contribution is 0.482. The molecule has 0 aromatic heterocycles. The van der Waals surface area contributed by atoms with Crippen molar-refractivity contribution in [2.45, 2.75) is 18.7 Å². The summed E-state index contributed by atoms with van der Waals surface area (Å²) in [5.41, 5.74) is 1.45. The molecule has 6 heteroatoms. The van der Waals surface area contributed by atoms with Gasteiger partial charge in [0.15, 0.2) is 0 Å². The first-order valence-electron chi connectivity index (χ1n) is 3.68. The van der Waals surface area contributed by atoms with Gasteiger partial charge in [0.25, 0.3) is 10.1 Å². The van der Waals surface area contributed by atoms with Crippen LogP contribution < -0.4 is 0 Å². The predicted octanol–water partition coefficient (Wildman–Crippen LogP) is 2.76. The molecule has 0 aliphatic carbocycles. The van der Waals surface area contributed by atoms with E-state index in [-0.39, 0.29) is 4.90 Å². The Hall–Kier alpha value is 0.590. The van der Waals surface area contributed by atoms with Crippen molar-refractivity contribution >= 4 is 55.3 Å². The lowest BCUT2D eigenvalue weighted by Crippen LogP contribution is -2.06. The maximum Gasteiger partial charge on any atom is 0.295 e. The van der Waals surface area contributed by atoms with Crippen LogP contribution in [0.1, 0.15) is 11.1 Å². The first-order valence-corrected chi connectivity index (χ1v) is 7.27. The quantitative estimate of drug-likeness (QED) is 0.543. The Morgan fingerprint density at radius 1 is 1.29 bits per heavy atom. The zero-order valence-electron chi connectivity index (χ0n) is 7.51. The van der Waals surface area contributed by atoms with Crippen molar-refractivity contribution in [2.75, 3.05) is 0 Å². The molecular weight excluding hydrogens is 430 g/mol. The first-order chi connectivity index (χ1) is 6.25. The van der Waals surface area contributed by atoms with E-state index in [0.29, 0.717) is 9.13 Å². The second-order valence-electron chi connectivity index (χ2n) is 2.92. The fourth-order valence-corrected chi connectivity index (χ4v) is 4.78. The molecule has 0 spiro atoms. The third kappa shape index (κ3) is 2.39. The van der Waals surface area contributed by atoms with Gasteiger partial charge >= 0.3 is 0 Å². The molecule has 0 fully saturated rings. The average Bonchev–Trinajstić information content (AvgIpc) is 1.97. The Bertz CT molecular complexity index is 480. The zero-order chi connectivity index (χ0) is 11.1. The van der Waals surface area contributed by atoms with Crippen molar-refractivity contribution in [3.05, 3.63) is 24.3 Å². The van der Waals surface area contributed by atoms with Crippen molar-refractivity contribution in [3.8, 4) is 0 Å². The van der Waals surface area contributed by atoms with Crippen LogP contribution in [0, 0.1) is 21.0 Å². The summed E-state index contributed by atoms with van der Waals surface area (Å²) in [6.45, 7) is 3.50. The van der Waals surface area contributed by atoms with Crippen LogP contribution in [0.5, 0.6) is 0 Å². The fourth-order valence-electron chi connectivity index (χ4n) is 1.13. The van der Waals surface area contributed by atoms with Crippen LogP contribution in [0.15, 0.2) is 11.0 Å². The molecule has 0 aliphatic rings. The van der Waals surface area contributed by atoms with E-state index in [4.69, 9.17) is 4.55 Å². The summed E-state index contributed by atoms with van der Waals surface area (Å²) in [4.78, 5) is 0.0241.